The Morgan fingerprint density at radius 2 is 2.20 bits per heavy atom. The van der Waals surface area contributed by atoms with Gasteiger partial charge in [0.25, 0.3) is 5.91 Å². The largest absolute Gasteiger partial charge is 0.497 e. The molecule has 0 bridgehead atoms. The van der Waals surface area contributed by atoms with E-state index < -0.39 is 0 Å². The molecular weight excluding hydrogens is 256 g/mol. The molecule has 1 saturated heterocycles. The summed E-state index contributed by atoms with van der Waals surface area (Å²) in [5, 5.41) is 9.00. The van der Waals surface area contributed by atoms with E-state index in [0.717, 1.165) is 12.8 Å². The third-order valence-electron chi connectivity index (χ3n) is 3.53. The quantitative estimate of drug-likeness (QED) is 0.846. The van der Waals surface area contributed by atoms with Crippen LogP contribution in [0.15, 0.2) is 18.2 Å². The molecule has 5 heteroatoms. The monoisotopic (exact) mass is 274 g/mol. The first-order chi connectivity index (χ1) is 9.69. The summed E-state index contributed by atoms with van der Waals surface area (Å²) in [5.41, 5.74) is 0.506. The molecule has 1 fully saturated rings. The highest BCUT2D eigenvalue weighted by molar-refractivity contribution is 5.97. The van der Waals surface area contributed by atoms with Crippen LogP contribution in [-0.4, -0.2) is 38.1 Å². The fourth-order valence-corrected chi connectivity index (χ4v) is 2.41. The molecule has 1 aliphatic heterocycles. The SMILES string of the molecule is COc1ccc(C(=O)N2CCCC(C#N)C2)c(OC)c1. The van der Waals surface area contributed by atoms with E-state index in [1.165, 1.54) is 7.11 Å². The smallest absolute Gasteiger partial charge is 0.257 e. The standard InChI is InChI=1S/C15H18N2O3/c1-19-12-5-6-13(14(8-12)20-2)15(18)17-7-3-4-11(9-16)10-17/h5-6,8,11H,3-4,7,10H2,1-2H3. The molecule has 1 unspecified atom stereocenters. The van der Waals surface area contributed by atoms with Crippen molar-refractivity contribution in [2.75, 3.05) is 27.3 Å². The van der Waals surface area contributed by atoms with Crippen molar-refractivity contribution in [2.24, 2.45) is 5.92 Å². The van der Waals surface area contributed by atoms with Gasteiger partial charge in [0.05, 0.1) is 31.8 Å². The lowest BCUT2D eigenvalue weighted by atomic mass is 9.99. The Balaban J connectivity index is 2.22. The zero-order valence-electron chi connectivity index (χ0n) is 11.8. The van der Waals surface area contributed by atoms with E-state index in [0.29, 0.717) is 30.2 Å². The van der Waals surface area contributed by atoms with Gasteiger partial charge < -0.3 is 14.4 Å². The summed E-state index contributed by atoms with van der Waals surface area (Å²) in [5.74, 6) is 0.974. The van der Waals surface area contributed by atoms with Crippen molar-refractivity contribution in [3.05, 3.63) is 23.8 Å². The first kappa shape index (κ1) is 14.2. The van der Waals surface area contributed by atoms with Gasteiger partial charge in [0.2, 0.25) is 0 Å². The summed E-state index contributed by atoms with van der Waals surface area (Å²) >= 11 is 0. The zero-order valence-corrected chi connectivity index (χ0v) is 11.8. The van der Waals surface area contributed by atoms with Crippen molar-refractivity contribution in [2.45, 2.75) is 12.8 Å². The number of hydrogen-bond donors (Lipinski definition) is 0. The Kier molecular flexibility index (Phi) is 4.46. The minimum Gasteiger partial charge on any atom is -0.497 e. The summed E-state index contributed by atoms with van der Waals surface area (Å²) in [6, 6.07) is 7.38. The third kappa shape index (κ3) is 2.85. The molecule has 1 aliphatic rings. The minimum atomic E-state index is -0.0931. The van der Waals surface area contributed by atoms with E-state index in [1.54, 1.807) is 30.2 Å². The molecule has 0 spiro atoms. The van der Waals surface area contributed by atoms with Gasteiger partial charge in [0.15, 0.2) is 0 Å². The Morgan fingerprint density at radius 3 is 2.85 bits per heavy atom. The number of methoxy groups -OCH3 is 2. The van der Waals surface area contributed by atoms with Crippen LogP contribution in [0.2, 0.25) is 0 Å². The second-order valence-corrected chi connectivity index (χ2v) is 4.79. The second-order valence-electron chi connectivity index (χ2n) is 4.79. The van der Waals surface area contributed by atoms with E-state index in [-0.39, 0.29) is 11.8 Å². The van der Waals surface area contributed by atoms with Gasteiger partial charge in [-0.15, -0.1) is 0 Å². The lowest BCUT2D eigenvalue weighted by molar-refractivity contribution is 0.0695. The average molecular weight is 274 g/mol. The molecule has 1 heterocycles. The predicted molar refractivity (Wildman–Crippen MR) is 73.8 cm³/mol. The van der Waals surface area contributed by atoms with E-state index in [1.807, 2.05) is 0 Å². The fraction of sp³-hybridized carbons (Fsp3) is 0.467. The molecule has 5 nitrogen and oxygen atoms in total. The number of rotatable bonds is 3. The van der Waals surface area contributed by atoms with Gasteiger partial charge in [-0.25, -0.2) is 0 Å². The summed E-state index contributed by atoms with van der Waals surface area (Å²) in [6.07, 6.45) is 1.72. The maximum absolute atomic E-state index is 12.5. The molecule has 1 atom stereocenters. The number of nitriles is 1. The molecule has 2 rings (SSSR count). The van der Waals surface area contributed by atoms with Gasteiger partial charge in [-0.2, -0.15) is 5.26 Å². The number of carbonyl (C=O) groups is 1. The lowest BCUT2D eigenvalue weighted by Gasteiger charge is -2.30. The molecule has 0 aliphatic carbocycles. The summed E-state index contributed by atoms with van der Waals surface area (Å²) in [7, 11) is 3.10. The number of piperidine rings is 1. The van der Waals surface area contributed by atoms with Crippen LogP contribution in [0.5, 0.6) is 11.5 Å². The molecule has 0 N–H and O–H groups in total. The van der Waals surface area contributed by atoms with Gasteiger partial charge in [-0.3, -0.25) is 4.79 Å². The highest BCUT2D eigenvalue weighted by atomic mass is 16.5. The van der Waals surface area contributed by atoms with E-state index in [2.05, 4.69) is 6.07 Å². The van der Waals surface area contributed by atoms with Gasteiger partial charge in [0, 0.05) is 19.2 Å². The average Bonchev–Trinajstić information content (AvgIpc) is 2.53. The van der Waals surface area contributed by atoms with E-state index in [4.69, 9.17) is 14.7 Å². The van der Waals surface area contributed by atoms with Gasteiger partial charge >= 0.3 is 0 Å². The van der Waals surface area contributed by atoms with Crippen LogP contribution in [0, 0.1) is 17.2 Å². The molecule has 1 aromatic rings. The van der Waals surface area contributed by atoms with Crippen LogP contribution < -0.4 is 9.47 Å². The summed E-state index contributed by atoms with van der Waals surface area (Å²) in [4.78, 5) is 14.3. The van der Waals surface area contributed by atoms with Crippen LogP contribution in [0.1, 0.15) is 23.2 Å². The Labute approximate surface area is 118 Å². The Morgan fingerprint density at radius 1 is 1.40 bits per heavy atom. The van der Waals surface area contributed by atoms with Crippen molar-refractivity contribution in [3.63, 3.8) is 0 Å². The molecule has 0 aromatic heterocycles. The van der Waals surface area contributed by atoms with Crippen molar-refractivity contribution in [1.29, 1.82) is 5.26 Å². The van der Waals surface area contributed by atoms with Crippen LogP contribution in [0.25, 0.3) is 0 Å². The number of carbonyl (C=O) groups excluding carboxylic acids is 1. The van der Waals surface area contributed by atoms with Crippen LogP contribution >= 0.6 is 0 Å². The number of hydrogen-bond acceptors (Lipinski definition) is 4. The fourth-order valence-electron chi connectivity index (χ4n) is 2.41. The van der Waals surface area contributed by atoms with Gasteiger partial charge in [0.1, 0.15) is 11.5 Å². The Bertz CT molecular complexity index is 536. The summed E-state index contributed by atoms with van der Waals surface area (Å²) in [6.45, 7) is 1.18. The predicted octanol–water partition coefficient (Wildman–Crippen LogP) is 2.08. The number of amides is 1. The van der Waals surface area contributed by atoms with Crippen molar-refractivity contribution >= 4 is 5.91 Å². The Hall–Kier alpha value is -2.22. The number of nitrogens with zero attached hydrogens (tertiary/aromatic N) is 2. The molecule has 0 radical (unpaired) electrons. The maximum atomic E-state index is 12.5. The normalized spacial score (nSPS) is 18.2. The highest BCUT2D eigenvalue weighted by Crippen LogP contribution is 2.27. The first-order valence-electron chi connectivity index (χ1n) is 6.60. The van der Waals surface area contributed by atoms with Crippen LogP contribution in [-0.2, 0) is 0 Å². The number of likely N-dealkylation sites (tertiary alicyclic amines) is 1. The number of benzene rings is 1. The topological polar surface area (TPSA) is 62.6 Å². The lowest BCUT2D eigenvalue weighted by Crippen LogP contribution is -2.39. The van der Waals surface area contributed by atoms with Crippen LogP contribution in [0.3, 0.4) is 0 Å². The summed E-state index contributed by atoms with van der Waals surface area (Å²) < 4.78 is 10.4. The van der Waals surface area contributed by atoms with E-state index >= 15 is 0 Å². The number of ether oxygens (including phenoxy) is 2. The molecular formula is C15H18N2O3. The second kappa shape index (κ2) is 6.29. The van der Waals surface area contributed by atoms with Crippen molar-refractivity contribution < 1.29 is 14.3 Å². The van der Waals surface area contributed by atoms with Gasteiger partial charge in [-0.05, 0) is 25.0 Å². The minimum absolute atomic E-state index is 0.0723. The molecule has 20 heavy (non-hydrogen) atoms. The maximum Gasteiger partial charge on any atom is 0.257 e. The molecule has 106 valence electrons. The van der Waals surface area contributed by atoms with Crippen molar-refractivity contribution in [1.82, 2.24) is 4.90 Å². The highest BCUT2D eigenvalue weighted by Gasteiger charge is 2.26. The first-order valence-corrected chi connectivity index (χ1v) is 6.60. The third-order valence-corrected chi connectivity index (χ3v) is 3.53. The zero-order chi connectivity index (χ0) is 14.5. The molecule has 1 aromatic carbocycles. The molecule has 1 amide bonds. The van der Waals surface area contributed by atoms with E-state index in [9.17, 15) is 4.79 Å². The molecule has 0 saturated carbocycles. The van der Waals surface area contributed by atoms with Gasteiger partial charge in [-0.1, -0.05) is 0 Å². The van der Waals surface area contributed by atoms with Crippen LogP contribution in [0.4, 0.5) is 0 Å². The van der Waals surface area contributed by atoms with Crippen molar-refractivity contribution in [3.8, 4) is 17.6 Å².